The van der Waals surface area contributed by atoms with Crippen LogP contribution in [-0.4, -0.2) is 105 Å². The van der Waals surface area contributed by atoms with Crippen molar-refractivity contribution < 1.29 is 46.4 Å². The van der Waals surface area contributed by atoms with Gasteiger partial charge in [0.15, 0.2) is 0 Å². The second kappa shape index (κ2) is 14.3. The molecule has 1 unspecified atom stereocenters. The van der Waals surface area contributed by atoms with Crippen LogP contribution in [0.2, 0.25) is 0 Å². The Kier molecular flexibility index (Phi) is 10.6. The Balaban J connectivity index is 1.17. The fraction of sp³-hybridized carbons (Fsp3) is 0.406. The van der Waals surface area contributed by atoms with Gasteiger partial charge in [-0.25, -0.2) is 26.4 Å². The van der Waals surface area contributed by atoms with Crippen LogP contribution in [0.1, 0.15) is 24.8 Å². The number of benzene rings is 3. The second-order valence-electron chi connectivity index (χ2n) is 11.7. The van der Waals surface area contributed by atoms with E-state index in [9.17, 15) is 36.9 Å². The third-order valence-electron chi connectivity index (χ3n) is 8.69. The number of carbonyl (C=O) groups is 1. The predicted octanol–water partition coefficient (Wildman–Crippen LogP) is 2.49. The topological polar surface area (TPSA) is 183 Å². The Hall–Kier alpha value is -3.57. The molecule has 4 N–H and O–H groups in total. The summed E-state index contributed by atoms with van der Waals surface area (Å²) in [6.45, 7) is -0.0907. The Labute approximate surface area is 274 Å². The fourth-order valence-corrected chi connectivity index (χ4v) is 8.25. The van der Waals surface area contributed by atoms with Crippen LogP contribution in [0.25, 0.3) is 11.1 Å². The zero-order valence-corrected chi connectivity index (χ0v) is 27.5. The number of aliphatic hydroxyl groups excluding tert-OH is 2. The number of rotatable bonds is 12. The van der Waals surface area contributed by atoms with Gasteiger partial charge in [-0.15, -0.1) is 0 Å². The average molecular weight is 690 g/mol. The van der Waals surface area contributed by atoms with Gasteiger partial charge in [-0.1, -0.05) is 42.5 Å². The maximum Gasteiger partial charge on any atom is 0.407 e. The lowest BCUT2D eigenvalue weighted by Gasteiger charge is -2.38. The molecular formula is C32H39N3O10S2. The van der Waals surface area contributed by atoms with E-state index >= 15 is 0 Å². The minimum Gasteiger partial charge on any atom is -0.491 e. The molecule has 0 saturated carbocycles. The van der Waals surface area contributed by atoms with Crippen LogP contribution in [0, 0.1) is 0 Å². The van der Waals surface area contributed by atoms with Crippen LogP contribution in [0.5, 0.6) is 5.75 Å². The molecule has 2 fully saturated rings. The van der Waals surface area contributed by atoms with Gasteiger partial charge in [-0.2, -0.15) is 4.31 Å². The first-order chi connectivity index (χ1) is 22.4. The second-order valence-corrected chi connectivity index (χ2v) is 15.5. The first kappa shape index (κ1) is 34.8. The van der Waals surface area contributed by atoms with Crippen molar-refractivity contribution in [1.29, 1.82) is 0 Å². The molecule has 254 valence electrons. The average Bonchev–Trinajstić information content (AvgIpc) is 3.49. The van der Waals surface area contributed by atoms with Gasteiger partial charge in [-0.05, 0) is 67.3 Å². The molecule has 1 amide bonds. The van der Waals surface area contributed by atoms with Crippen molar-refractivity contribution in [3.63, 3.8) is 0 Å². The molecule has 3 aromatic rings. The number of carboxylic acid groups (broad SMARTS) is 1. The summed E-state index contributed by atoms with van der Waals surface area (Å²) in [5.74, 6) is 0.204. The zero-order valence-electron chi connectivity index (χ0n) is 25.9. The Bertz CT molecular complexity index is 1780. The van der Waals surface area contributed by atoms with E-state index in [1.54, 1.807) is 30.3 Å². The molecule has 2 atom stereocenters. The van der Waals surface area contributed by atoms with Crippen molar-refractivity contribution in [3.8, 4) is 16.9 Å². The normalized spacial score (nSPS) is 19.0. The molecule has 47 heavy (non-hydrogen) atoms. The molecule has 0 aromatic heterocycles. The molecule has 13 nitrogen and oxygen atoms in total. The highest BCUT2D eigenvalue weighted by molar-refractivity contribution is 7.89. The van der Waals surface area contributed by atoms with Crippen LogP contribution >= 0.6 is 0 Å². The SMILES string of the molecule is CNS(=O)(=O)c1cccc(OC[C@@H](O)CN(C(=O)O)C2COC3(CCN(S(=O)(=O)c4cccc(-c5ccc(CO)cc5)c4)CC3)C2)c1. The molecule has 3 aromatic carbocycles. The minimum absolute atomic E-state index is 0.00920. The van der Waals surface area contributed by atoms with Gasteiger partial charge in [0.25, 0.3) is 0 Å². The molecule has 15 heteroatoms. The van der Waals surface area contributed by atoms with E-state index in [2.05, 4.69) is 4.72 Å². The van der Waals surface area contributed by atoms with Crippen molar-refractivity contribution in [2.24, 2.45) is 0 Å². The number of aliphatic hydroxyl groups is 2. The standard InChI is InChI=1S/C32H39N3O10S2/c1-33-46(40,41)29-6-3-5-28(17-29)44-22-27(37)19-35(31(38)39)26-18-32(45-21-26)12-14-34(15-13-32)47(42,43)30-7-2-4-25(16-30)24-10-8-23(20-36)9-11-24/h2-11,16-17,26-27,33,36-37H,12-15,18-22H2,1H3,(H,38,39)/t26?,27-/m0/s1. The Morgan fingerprint density at radius 1 is 1.02 bits per heavy atom. The number of nitrogens with one attached hydrogen (secondary N) is 1. The molecule has 0 aliphatic carbocycles. The van der Waals surface area contributed by atoms with Crippen molar-refractivity contribution in [3.05, 3.63) is 78.4 Å². The summed E-state index contributed by atoms with van der Waals surface area (Å²) in [6.07, 6.45) is -1.32. The highest BCUT2D eigenvalue weighted by Gasteiger charge is 2.47. The summed E-state index contributed by atoms with van der Waals surface area (Å²) in [5, 5.41) is 29.9. The van der Waals surface area contributed by atoms with E-state index in [0.29, 0.717) is 19.3 Å². The van der Waals surface area contributed by atoms with Gasteiger partial charge < -0.3 is 29.7 Å². The first-order valence-electron chi connectivity index (χ1n) is 15.1. The predicted molar refractivity (Wildman–Crippen MR) is 172 cm³/mol. The largest absolute Gasteiger partial charge is 0.491 e. The number of nitrogens with zero attached hydrogens (tertiary/aromatic N) is 2. The van der Waals surface area contributed by atoms with Crippen LogP contribution in [0.15, 0.2) is 82.6 Å². The number of amides is 1. The molecular weight excluding hydrogens is 650 g/mol. The monoisotopic (exact) mass is 689 g/mol. The van der Waals surface area contributed by atoms with E-state index in [4.69, 9.17) is 9.47 Å². The van der Waals surface area contributed by atoms with Gasteiger partial charge in [-0.3, -0.25) is 0 Å². The summed E-state index contributed by atoms with van der Waals surface area (Å²) in [5.41, 5.74) is 1.64. The summed E-state index contributed by atoms with van der Waals surface area (Å²) in [7, 11) is -6.20. The number of ether oxygens (including phenoxy) is 2. The minimum atomic E-state index is -3.80. The highest BCUT2D eigenvalue weighted by atomic mass is 32.2. The molecule has 0 radical (unpaired) electrons. The lowest BCUT2D eigenvalue weighted by Crippen LogP contribution is -2.48. The van der Waals surface area contributed by atoms with Crippen LogP contribution < -0.4 is 9.46 Å². The Morgan fingerprint density at radius 2 is 1.70 bits per heavy atom. The van der Waals surface area contributed by atoms with Crippen molar-refractivity contribution in [2.75, 3.05) is 39.9 Å². The van der Waals surface area contributed by atoms with Gasteiger partial charge in [0.2, 0.25) is 20.0 Å². The van der Waals surface area contributed by atoms with Crippen molar-refractivity contribution in [2.45, 2.75) is 53.4 Å². The summed E-state index contributed by atoms with van der Waals surface area (Å²) < 4.78 is 66.6. The van der Waals surface area contributed by atoms with Crippen LogP contribution in [0.4, 0.5) is 4.79 Å². The van der Waals surface area contributed by atoms with Gasteiger partial charge in [0.05, 0.1) is 41.2 Å². The number of hydrogen-bond donors (Lipinski definition) is 4. The molecule has 2 heterocycles. The van der Waals surface area contributed by atoms with Crippen LogP contribution in [0.3, 0.4) is 0 Å². The molecule has 1 spiro atoms. The number of sulfonamides is 2. The van der Waals surface area contributed by atoms with E-state index in [-0.39, 0.29) is 55.0 Å². The third-order valence-corrected chi connectivity index (χ3v) is 12.0. The van der Waals surface area contributed by atoms with E-state index < -0.39 is 43.9 Å². The van der Waals surface area contributed by atoms with Crippen molar-refractivity contribution in [1.82, 2.24) is 13.9 Å². The molecule has 0 bridgehead atoms. The van der Waals surface area contributed by atoms with Crippen LogP contribution in [-0.2, 0) is 31.4 Å². The summed E-state index contributed by atoms with van der Waals surface area (Å²) >= 11 is 0. The lowest BCUT2D eigenvalue weighted by atomic mass is 9.88. The first-order valence-corrected chi connectivity index (χ1v) is 18.1. The summed E-state index contributed by atoms with van der Waals surface area (Å²) in [6, 6.07) is 19.2. The molecule has 2 aliphatic heterocycles. The smallest absolute Gasteiger partial charge is 0.407 e. The molecule has 2 aliphatic rings. The van der Waals surface area contributed by atoms with E-state index in [1.165, 1.54) is 35.6 Å². The fourth-order valence-electron chi connectivity index (χ4n) is 6.00. The van der Waals surface area contributed by atoms with Gasteiger partial charge in [0.1, 0.15) is 18.5 Å². The lowest BCUT2D eigenvalue weighted by molar-refractivity contribution is -0.0319. The maximum absolute atomic E-state index is 13.6. The van der Waals surface area contributed by atoms with E-state index in [0.717, 1.165) is 21.6 Å². The highest BCUT2D eigenvalue weighted by Crippen LogP contribution is 2.39. The summed E-state index contributed by atoms with van der Waals surface area (Å²) in [4.78, 5) is 13.5. The molecule has 5 rings (SSSR count). The van der Waals surface area contributed by atoms with Crippen molar-refractivity contribution >= 4 is 26.1 Å². The van der Waals surface area contributed by atoms with Gasteiger partial charge >= 0.3 is 6.09 Å². The number of hydrogen-bond acceptors (Lipinski definition) is 9. The Morgan fingerprint density at radius 3 is 2.36 bits per heavy atom. The maximum atomic E-state index is 13.6. The van der Waals surface area contributed by atoms with Gasteiger partial charge in [0, 0.05) is 19.2 Å². The van der Waals surface area contributed by atoms with E-state index in [1.807, 2.05) is 18.2 Å². The third kappa shape index (κ3) is 7.95. The quantitative estimate of drug-likeness (QED) is 0.221. The number of piperidine rings is 1. The molecule has 2 saturated heterocycles. The zero-order chi connectivity index (χ0) is 33.8.